The van der Waals surface area contributed by atoms with E-state index in [1.807, 2.05) is 30.3 Å². The molecule has 2 atom stereocenters. The summed E-state index contributed by atoms with van der Waals surface area (Å²) in [7, 11) is 0. The van der Waals surface area contributed by atoms with Crippen molar-refractivity contribution < 1.29 is 9.21 Å². The zero-order chi connectivity index (χ0) is 16.5. The number of fused-ring (bicyclic) bond motifs is 1. The van der Waals surface area contributed by atoms with E-state index in [0.29, 0.717) is 24.0 Å². The third-order valence-corrected chi connectivity index (χ3v) is 5.66. The first kappa shape index (κ1) is 20.7. The fourth-order valence-electron chi connectivity index (χ4n) is 3.30. The molecule has 0 radical (unpaired) electrons. The number of para-hydroxylation sites is 1. The Morgan fingerprint density at radius 3 is 2.81 bits per heavy atom. The van der Waals surface area contributed by atoms with Crippen LogP contribution in [0.5, 0.6) is 0 Å². The predicted octanol–water partition coefficient (Wildman–Crippen LogP) is 4.26. The molecule has 2 unspecified atom stereocenters. The maximum atomic E-state index is 12.4. The minimum absolute atomic E-state index is 0. The number of hydrogen-bond donors (Lipinski definition) is 2. The summed E-state index contributed by atoms with van der Waals surface area (Å²) in [5.74, 6) is 1.15. The second-order valence-electron chi connectivity index (χ2n) is 6.16. The number of rotatable bonds is 4. The van der Waals surface area contributed by atoms with E-state index in [-0.39, 0.29) is 36.8 Å². The number of nitrogens with two attached hydrogens (primary N) is 1. The number of hydrogen-bond acceptors (Lipinski definition) is 5. The lowest BCUT2D eigenvalue weighted by molar-refractivity contribution is 0.0901. The number of nitrogens with zero attached hydrogens (tertiary/aromatic N) is 1. The first-order valence-electron chi connectivity index (χ1n) is 8.21. The molecule has 1 aromatic carbocycles. The molecule has 1 saturated carbocycles. The van der Waals surface area contributed by atoms with Crippen LogP contribution in [0.1, 0.15) is 29.8 Å². The van der Waals surface area contributed by atoms with Crippen LogP contribution >= 0.6 is 36.2 Å². The number of nitrogens with one attached hydrogen (secondary N) is 1. The third kappa shape index (κ3) is 4.04. The van der Waals surface area contributed by atoms with Gasteiger partial charge in [-0.2, -0.15) is 0 Å². The molecule has 1 aliphatic carbocycles. The van der Waals surface area contributed by atoms with Gasteiger partial charge in [-0.25, -0.2) is 4.98 Å². The molecule has 3 aromatic rings. The second-order valence-corrected chi connectivity index (χ2v) is 7.19. The number of amides is 1. The molecule has 2 heterocycles. The molecule has 5 nitrogen and oxygen atoms in total. The topological polar surface area (TPSA) is 81.1 Å². The van der Waals surface area contributed by atoms with Crippen molar-refractivity contribution in [3.05, 3.63) is 42.2 Å². The van der Waals surface area contributed by atoms with Crippen molar-refractivity contribution in [1.29, 1.82) is 0 Å². The number of carbonyl (C=O) groups excluding carboxylic acids is 1. The van der Waals surface area contributed by atoms with Gasteiger partial charge in [0, 0.05) is 6.04 Å². The van der Waals surface area contributed by atoms with Crippen LogP contribution in [0, 0.1) is 5.92 Å². The molecular weight excluding hydrogens is 393 g/mol. The van der Waals surface area contributed by atoms with Gasteiger partial charge in [0.15, 0.2) is 16.5 Å². The van der Waals surface area contributed by atoms with E-state index in [4.69, 9.17) is 10.2 Å². The molecule has 3 N–H and O–H groups in total. The Bertz CT molecular complexity index is 847. The van der Waals surface area contributed by atoms with Crippen LogP contribution in [0.25, 0.3) is 21.0 Å². The summed E-state index contributed by atoms with van der Waals surface area (Å²) in [5.41, 5.74) is 6.72. The number of benzene rings is 1. The zero-order valence-corrected chi connectivity index (χ0v) is 16.5. The summed E-state index contributed by atoms with van der Waals surface area (Å²) in [6.07, 6.45) is 3.18. The summed E-state index contributed by atoms with van der Waals surface area (Å²) in [5, 5.41) is 3.85. The predicted molar refractivity (Wildman–Crippen MR) is 109 cm³/mol. The molecule has 140 valence electrons. The minimum atomic E-state index is -0.173. The molecule has 26 heavy (non-hydrogen) atoms. The van der Waals surface area contributed by atoms with Crippen molar-refractivity contribution in [2.75, 3.05) is 6.54 Å². The van der Waals surface area contributed by atoms with Crippen molar-refractivity contribution in [3.8, 4) is 10.8 Å². The van der Waals surface area contributed by atoms with Gasteiger partial charge < -0.3 is 15.5 Å². The molecular formula is C18H21Cl2N3O2S. The normalized spacial score (nSPS) is 19.0. The Morgan fingerprint density at radius 2 is 2.04 bits per heavy atom. The highest BCUT2D eigenvalue weighted by Gasteiger charge is 2.28. The van der Waals surface area contributed by atoms with Gasteiger partial charge in [0.1, 0.15) is 0 Å². The molecule has 0 bridgehead atoms. The highest BCUT2D eigenvalue weighted by Crippen LogP contribution is 2.31. The average molecular weight is 414 g/mol. The van der Waals surface area contributed by atoms with E-state index in [2.05, 4.69) is 10.3 Å². The largest absolute Gasteiger partial charge is 0.448 e. The summed E-state index contributed by atoms with van der Waals surface area (Å²) >= 11 is 1.56. The fourth-order valence-corrected chi connectivity index (χ4v) is 4.23. The Hall–Kier alpha value is -1.60. The lowest BCUT2D eigenvalue weighted by Gasteiger charge is -2.18. The minimum Gasteiger partial charge on any atom is -0.448 e. The van der Waals surface area contributed by atoms with Gasteiger partial charge >= 0.3 is 0 Å². The average Bonchev–Trinajstić information content (AvgIpc) is 3.32. The molecule has 1 fully saturated rings. The smallest absolute Gasteiger partial charge is 0.287 e. The van der Waals surface area contributed by atoms with Gasteiger partial charge in [0.05, 0.1) is 10.2 Å². The van der Waals surface area contributed by atoms with E-state index < -0.39 is 0 Å². The molecule has 1 aliphatic rings. The van der Waals surface area contributed by atoms with Gasteiger partial charge in [-0.3, -0.25) is 4.79 Å². The van der Waals surface area contributed by atoms with Crippen LogP contribution in [0.15, 0.2) is 40.8 Å². The highest BCUT2D eigenvalue weighted by molar-refractivity contribution is 7.21. The van der Waals surface area contributed by atoms with Crippen LogP contribution in [-0.2, 0) is 0 Å². The number of halogens is 2. The highest BCUT2D eigenvalue weighted by atomic mass is 35.5. The quantitative estimate of drug-likeness (QED) is 0.669. The van der Waals surface area contributed by atoms with Crippen molar-refractivity contribution in [1.82, 2.24) is 10.3 Å². The third-order valence-electron chi connectivity index (χ3n) is 4.61. The Kier molecular flexibility index (Phi) is 7.06. The van der Waals surface area contributed by atoms with Gasteiger partial charge in [0.2, 0.25) is 0 Å². The van der Waals surface area contributed by atoms with Crippen LogP contribution in [-0.4, -0.2) is 23.5 Å². The monoisotopic (exact) mass is 413 g/mol. The summed E-state index contributed by atoms with van der Waals surface area (Å²) in [6.45, 7) is 0.611. The molecule has 4 rings (SSSR count). The van der Waals surface area contributed by atoms with Crippen molar-refractivity contribution in [2.24, 2.45) is 11.7 Å². The maximum Gasteiger partial charge on any atom is 0.287 e. The van der Waals surface area contributed by atoms with Crippen LogP contribution in [0.2, 0.25) is 0 Å². The van der Waals surface area contributed by atoms with E-state index in [9.17, 15) is 4.79 Å². The first-order chi connectivity index (χ1) is 11.7. The van der Waals surface area contributed by atoms with Crippen LogP contribution in [0.3, 0.4) is 0 Å². The Morgan fingerprint density at radius 1 is 1.23 bits per heavy atom. The summed E-state index contributed by atoms with van der Waals surface area (Å²) < 4.78 is 6.85. The van der Waals surface area contributed by atoms with Crippen LogP contribution < -0.4 is 11.1 Å². The fraction of sp³-hybridized carbons (Fsp3) is 0.333. The van der Waals surface area contributed by atoms with E-state index >= 15 is 0 Å². The molecule has 0 spiro atoms. The molecule has 0 aliphatic heterocycles. The lowest BCUT2D eigenvalue weighted by Crippen LogP contribution is -2.39. The Labute approximate surface area is 168 Å². The summed E-state index contributed by atoms with van der Waals surface area (Å²) in [4.78, 5) is 17.0. The number of thiazole rings is 1. The SMILES string of the molecule is Cl.Cl.NCC1CCCC1NC(=O)c1ccc(-c2nc3ccccc3s2)o1. The van der Waals surface area contributed by atoms with Crippen molar-refractivity contribution >= 4 is 52.3 Å². The van der Waals surface area contributed by atoms with E-state index in [0.717, 1.165) is 34.5 Å². The van der Waals surface area contributed by atoms with Gasteiger partial charge in [-0.05, 0) is 49.6 Å². The summed E-state index contributed by atoms with van der Waals surface area (Å²) in [6, 6.07) is 11.6. The molecule has 2 aromatic heterocycles. The second kappa shape index (κ2) is 8.86. The standard InChI is InChI=1S/C18H19N3O2S.2ClH/c19-10-11-4-3-6-12(11)20-17(22)14-8-9-15(23-14)18-21-13-5-1-2-7-16(13)24-18;;/h1-2,5,7-9,11-12H,3-4,6,10,19H2,(H,20,22);2*1H. The number of carbonyl (C=O) groups is 1. The molecule has 1 amide bonds. The number of aromatic nitrogens is 1. The maximum absolute atomic E-state index is 12.4. The molecule has 8 heteroatoms. The zero-order valence-electron chi connectivity index (χ0n) is 14.0. The first-order valence-corrected chi connectivity index (χ1v) is 9.03. The Balaban J connectivity index is 0.00000121. The number of furan rings is 1. The van der Waals surface area contributed by atoms with E-state index in [1.165, 1.54) is 0 Å². The van der Waals surface area contributed by atoms with E-state index in [1.54, 1.807) is 17.4 Å². The van der Waals surface area contributed by atoms with Gasteiger partial charge in [0.25, 0.3) is 5.91 Å². The van der Waals surface area contributed by atoms with Crippen molar-refractivity contribution in [3.63, 3.8) is 0 Å². The lowest BCUT2D eigenvalue weighted by atomic mass is 10.0. The van der Waals surface area contributed by atoms with Gasteiger partial charge in [-0.1, -0.05) is 18.6 Å². The van der Waals surface area contributed by atoms with Gasteiger partial charge in [-0.15, -0.1) is 36.2 Å². The van der Waals surface area contributed by atoms with Crippen LogP contribution in [0.4, 0.5) is 0 Å². The molecule has 0 saturated heterocycles. The van der Waals surface area contributed by atoms with Crippen molar-refractivity contribution in [2.45, 2.75) is 25.3 Å².